The van der Waals surface area contributed by atoms with Gasteiger partial charge in [-0.25, -0.2) is 4.98 Å². The molecule has 2 aliphatic rings. The lowest BCUT2D eigenvalue weighted by Gasteiger charge is -2.29. The number of aromatic nitrogens is 1. The number of piperazine rings is 1. The maximum Gasteiger partial charge on any atom is 0.239 e. The van der Waals surface area contributed by atoms with E-state index in [4.69, 9.17) is 0 Å². The second kappa shape index (κ2) is 4.94. The Morgan fingerprint density at radius 2 is 2.39 bits per heavy atom. The zero-order valence-electron chi connectivity index (χ0n) is 10.4. The summed E-state index contributed by atoms with van der Waals surface area (Å²) in [6.07, 6.45) is 4.35. The molecule has 0 radical (unpaired) electrons. The Bertz CT molecular complexity index is 444. The fourth-order valence-corrected chi connectivity index (χ4v) is 2.21. The molecule has 1 amide bonds. The van der Waals surface area contributed by atoms with E-state index in [-0.39, 0.29) is 5.91 Å². The van der Waals surface area contributed by atoms with E-state index in [0.29, 0.717) is 19.1 Å². The zero-order chi connectivity index (χ0) is 12.4. The summed E-state index contributed by atoms with van der Waals surface area (Å²) < 4.78 is 0. The van der Waals surface area contributed by atoms with Crippen LogP contribution in [0.4, 0.5) is 5.82 Å². The summed E-state index contributed by atoms with van der Waals surface area (Å²) in [4.78, 5) is 17.9. The second-order valence-corrected chi connectivity index (χ2v) is 4.91. The quantitative estimate of drug-likeness (QED) is 0.800. The van der Waals surface area contributed by atoms with Crippen LogP contribution >= 0.6 is 0 Å². The molecule has 1 aliphatic carbocycles. The van der Waals surface area contributed by atoms with Gasteiger partial charge in [0.25, 0.3) is 0 Å². The first-order valence-electron chi connectivity index (χ1n) is 6.52. The average Bonchev–Trinajstić information content (AvgIpc) is 3.21. The van der Waals surface area contributed by atoms with Crippen LogP contribution < -0.4 is 15.5 Å². The molecule has 0 spiro atoms. The summed E-state index contributed by atoms with van der Waals surface area (Å²) in [5.74, 6) is 1.02. The van der Waals surface area contributed by atoms with E-state index in [1.807, 2.05) is 6.07 Å². The Kier molecular flexibility index (Phi) is 3.15. The van der Waals surface area contributed by atoms with E-state index in [1.165, 1.54) is 18.4 Å². The monoisotopic (exact) mass is 246 g/mol. The zero-order valence-corrected chi connectivity index (χ0v) is 10.4. The minimum atomic E-state index is 0.0769. The smallest absolute Gasteiger partial charge is 0.239 e. The molecule has 2 heterocycles. The van der Waals surface area contributed by atoms with Gasteiger partial charge in [-0.3, -0.25) is 4.79 Å². The molecule has 1 saturated heterocycles. The highest BCUT2D eigenvalue weighted by molar-refractivity contribution is 5.82. The Morgan fingerprint density at radius 3 is 3.17 bits per heavy atom. The van der Waals surface area contributed by atoms with Gasteiger partial charge in [-0.1, -0.05) is 6.07 Å². The molecular formula is C13H18N4O. The number of hydrogen-bond acceptors (Lipinski definition) is 4. The highest BCUT2D eigenvalue weighted by atomic mass is 16.2. The van der Waals surface area contributed by atoms with Crippen molar-refractivity contribution < 1.29 is 4.79 Å². The van der Waals surface area contributed by atoms with Crippen LogP contribution in [-0.2, 0) is 11.3 Å². The standard InChI is InChI=1S/C13H18N4O/c18-12-9-17(7-6-14-12)13-10(2-1-5-15-13)8-16-11-3-4-11/h1-2,5,11,16H,3-4,6-9H2,(H,14,18). The number of nitrogens with one attached hydrogen (secondary N) is 2. The summed E-state index contributed by atoms with van der Waals surface area (Å²) in [5, 5.41) is 6.33. The van der Waals surface area contributed by atoms with E-state index < -0.39 is 0 Å². The fourth-order valence-electron chi connectivity index (χ4n) is 2.21. The highest BCUT2D eigenvalue weighted by Crippen LogP contribution is 2.22. The van der Waals surface area contributed by atoms with Gasteiger partial charge >= 0.3 is 0 Å². The molecule has 5 heteroatoms. The Morgan fingerprint density at radius 1 is 1.50 bits per heavy atom. The van der Waals surface area contributed by atoms with Gasteiger partial charge < -0.3 is 15.5 Å². The van der Waals surface area contributed by atoms with E-state index in [0.717, 1.165) is 18.9 Å². The van der Waals surface area contributed by atoms with Gasteiger partial charge in [0.15, 0.2) is 0 Å². The molecule has 1 saturated carbocycles. The van der Waals surface area contributed by atoms with Gasteiger partial charge in [0, 0.05) is 37.4 Å². The summed E-state index contributed by atoms with van der Waals surface area (Å²) in [6, 6.07) is 4.73. The van der Waals surface area contributed by atoms with Gasteiger partial charge in [0.2, 0.25) is 5.91 Å². The number of carbonyl (C=O) groups excluding carboxylic acids is 1. The first-order valence-corrected chi connectivity index (χ1v) is 6.52. The fraction of sp³-hybridized carbons (Fsp3) is 0.538. The molecule has 1 aromatic heterocycles. The molecule has 0 unspecified atom stereocenters. The van der Waals surface area contributed by atoms with Crippen molar-refractivity contribution in [2.24, 2.45) is 0 Å². The van der Waals surface area contributed by atoms with Crippen LogP contribution in [0.25, 0.3) is 0 Å². The maximum atomic E-state index is 11.4. The molecular weight excluding hydrogens is 228 g/mol. The van der Waals surface area contributed by atoms with Crippen molar-refractivity contribution in [3.05, 3.63) is 23.9 Å². The van der Waals surface area contributed by atoms with Crippen LogP contribution in [-0.4, -0.2) is 36.6 Å². The Labute approximate surface area is 107 Å². The van der Waals surface area contributed by atoms with Crippen LogP contribution in [0.3, 0.4) is 0 Å². The maximum absolute atomic E-state index is 11.4. The van der Waals surface area contributed by atoms with Crippen LogP contribution in [0.1, 0.15) is 18.4 Å². The number of nitrogens with zero attached hydrogens (tertiary/aromatic N) is 2. The van der Waals surface area contributed by atoms with Crippen molar-refractivity contribution in [3.8, 4) is 0 Å². The number of anilines is 1. The van der Waals surface area contributed by atoms with Crippen molar-refractivity contribution in [1.82, 2.24) is 15.6 Å². The van der Waals surface area contributed by atoms with E-state index in [9.17, 15) is 4.79 Å². The SMILES string of the molecule is O=C1CN(c2ncccc2CNC2CC2)CCN1. The molecule has 5 nitrogen and oxygen atoms in total. The molecule has 18 heavy (non-hydrogen) atoms. The van der Waals surface area contributed by atoms with Crippen molar-refractivity contribution in [3.63, 3.8) is 0 Å². The Hall–Kier alpha value is -1.62. The summed E-state index contributed by atoms with van der Waals surface area (Å²) >= 11 is 0. The summed E-state index contributed by atoms with van der Waals surface area (Å²) in [5.41, 5.74) is 1.18. The lowest BCUT2D eigenvalue weighted by Crippen LogP contribution is -2.48. The number of hydrogen-bond donors (Lipinski definition) is 2. The summed E-state index contributed by atoms with van der Waals surface area (Å²) in [6.45, 7) is 2.78. The van der Waals surface area contributed by atoms with Gasteiger partial charge in [-0.2, -0.15) is 0 Å². The first kappa shape index (κ1) is 11.5. The predicted octanol–water partition coefficient (Wildman–Crippen LogP) is 0.270. The van der Waals surface area contributed by atoms with Gasteiger partial charge in [-0.15, -0.1) is 0 Å². The lowest BCUT2D eigenvalue weighted by molar-refractivity contribution is -0.120. The molecule has 3 rings (SSSR count). The van der Waals surface area contributed by atoms with Crippen LogP contribution in [0, 0.1) is 0 Å². The van der Waals surface area contributed by atoms with Crippen LogP contribution in [0.15, 0.2) is 18.3 Å². The third kappa shape index (κ3) is 2.61. The minimum absolute atomic E-state index is 0.0769. The van der Waals surface area contributed by atoms with Crippen molar-refractivity contribution >= 4 is 11.7 Å². The van der Waals surface area contributed by atoms with E-state index in [2.05, 4.69) is 26.6 Å². The highest BCUT2D eigenvalue weighted by Gasteiger charge is 2.23. The van der Waals surface area contributed by atoms with Crippen molar-refractivity contribution in [1.29, 1.82) is 0 Å². The van der Waals surface area contributed by atoms with E-state index in [1.54, 1.807) is 6.20 Å². The van der Waals surface area contributed by atoms with E-state index >= 15 is 0 Å². The summed E-state index contributed by atoms with van der Waals surface area (Å²) in [7, 11) is 0. The van der Waals surface area contributed by atoms with Gasteiger partial charge in [-0.05, 0) is 18.9 Å². The Balaban J connectivity index is 1.74. The van der Waals surface area contributed by atoms with Gasteiger partial charge in [0.05, 0.1) is 6.54 Å². The van der Waals surface area contributed by atoms with Gasteiger partial charge in [0.1, 0.15) is 5.82 Å². The number of carbonyl (C=O) groups is 1. The average molecular weight is 246 g/mol. The minimum Gasteiger partial charge on any atom is -0.353 e. The molecule has 1 aliphatic heterocycles. The lowest BCUT2D eigenvalue weighted by atomic mass is 10.2. The number of pyridine rings is 1. The number of rotatable bonds is 4. The van der Waals surface area contributed by atoms with Crippen LogP contribution in [0.2, 0.25) is 0 Å². The molecule has 1 aromatic rings. The third-order valence-corrected chi connectivity index (χ3v) is 3.36. The molecule has 96 valence electrons. The normalized spacial score (nSPS) is 19.8. The van der Waals surface area contributed by atoms with Crippen molar-refractivity contribution in [2.75, 3.05) is 24.5 Å². The largest absolute Gasteiger partial charge is 0.353 e. The first-order chi connectivity index (χ1) is 8.83. The third-order valence-electron chi connectivity index (χ3n) is 3.36. The molecule has 0 bridgehead atoms. The topological polar surface area (TPSA) is 57.3 Å². The second-order valence-electron chi connectivity index (χ2n) is 4.91. The number of amides is 1. The molecule has 2 fully saturated rings. The van der Waals surface area contributed by atoms with Crippen molar-refractivity contribution in [2.45, 2.75) is 25.4 Å². The molecule has 0 aromatic carbocycles. The predicted molar refractivity (Wildman–Crippen MR) is 69.3 cm³/mol. The molecule has 2 N–H and O–H groups in total. The molecule has 0 atom stereocenters. The van der Waals surface area contributed by atoms with Crippen LogP contribution in [0.5, 0.6) is 0 Å².